The van der Waals surface area contributed by atoms with Crippen LogP contribution in [0, 0.1) is 4.77 Å². The number of hydrogen-bond acceptors (Lipinski definition) is 6. The lowest BCUT2D eigenvalue weighted by atomic mass is 10.0. The Morgan fingerprint density at radius 3 is 2.42 bits per heavy atom. The van der Waals surface area contributed by atoms with E-state index in [0.717, 1.165) is 48.9 Å². The van der Waals surface area contributed by atoms with Crippen LogP contribution in [-0.2, 0) is 6.67 Å². The SMILES string of the molecule is CN1CCC(N(C)Cn2nc(C3COc4ccccc4O3)n(-c3ccccc3)c2=S)CC1.Cl. The Kier molecular flexibility index (Phi) is 7.38. The first-order chi connectivity index (χ1) is 15.6. The minimum absolute atomic E-state index is 0. The van der Waals surface area contributed by atoms with Crippen molar-refractivity contribution in [2.24, 2.45) is 0 Å². The molecule has 3 heterocycles. The second-order valence-electron chi connectivity index (χ2n) is 8.61. The summed E-state index contributed by atoms with van der Waals surface area (Å²) in [5.41, 5.74) is 0.975. The zero-order chi connectivity index (χ0) is 22.1. The van der Waals surface area contributed by atoms with Crippen LogP contribution in [0.25, 0.3) is 5.69 Å². The van der Waals surface area contributed by atoms with Gasteiger partial charge in [-0.1, -0.05) is 30.3 Å². The molecule has 0 bridgehead atoms. The van der Waals surface area contributed by atoms with Gasteiger partial charge < -0.3 is 14.4 Å². The van der Waals surface area contributed by atoms with Crippen molar-refractivity contribution in [3.63, 3.8) is 0 Å². The summed E-state index contributed by atoms with van der Waals surface area (Å²) in [4.78, 5) is 4.75. The van der Waals surface area contributed by atoms with Gasteiger partial charge in [0.25, 0.3) is 0 Å². The maximum atomic E-state index is 6.29. The Balaban J connectivity index is 0.00000259. The maximum Gasteiger partial charge on any atom is 0.203 e. The van der Waals surface area contributed by atoms with Crippen molar-refractivity contribution in [1.29, 1.82) is 0 Å². The summed E-state index contributed by atoms with van der Waals surface area (Å²) in [5.74, 6) is 2.25. The molecule has 0 spiro atoms. The molecule has 1 atom stereocenters. The summed E-state index contributed by atoms with van der Waals surface area (Å²) in [5, 5.41) is 4.95. The smallest absolute Gasteiger partial charge is 0.203 e. The van der Waals surface area contributed by atoms with Gasteiger partial charge >= 0.3 is 0 Å². The van der Waals surface area contributed by atoms with E-state index in [9.17, 15) is 0 Å². The van der Waals surface area contributed by atoms with Gasteiger partial charge in [-0.15, -0.1) is 12.4 Å². The third kappa shape index (κ3) is 4.94. The molecule has 1 fully saturated rings. The normalized spacial score (nSPS) is 18.8. The van der Waals surface area contributed by atoms with Crippen molar-refractivity contribution in [3.8, 4) is 17.2 Å². The minimum Gasteiger partial charge on any atom is -0.485 e. The molecule has 3 aromatic rings. The number of para-hydroxylation sites is 3. The number of benzene rings is 2. The predicted octanol–water partition coefficient (Wildman–Crippen LogP) is 4.32. The average Bonchev–Trinajstić information content (AvgIpc) is 3.15. The fourth-order valence-corrected chi connectivity index (χ4v) is 4.75. The molecule has 0 N–H and O–H groups in total. The van der Waals surface area contributed by atoms with Gasteiger partial charge in [0.2, 0.25) is 4.77 Å². The lowest BCUT2D eigenvalue weighted by Crippen LogP contribution is -2.42. The van der Waals surface area contributed by atoms with E-state index in [1.807, 2.05) is 63.8 Å². The van der Waals surface area contributed by atoms with E-state index < -0.39 is 0 Å². The summed E-state index contributed by atoms with van der Waals surface area (Å²) in [6.07, 6.45) is 1.97. The number of fused-ring (bicyclic) bond motifs is 1. The molecular weight excluding hydrogens is 458 g/mol. The molecule has 0 aliphatic carbocycles. The number of ether oxygens (including phenoxy) is 2. The molecule has 0 amide bonds. The highest BCUT2D eigenvalue weighted by Gasteiger charge is 2.29. The van der Waals surface area contributed by atoms with Crippen LogP contribution in [0.2, 0.25) is 0 Å². The molecule has 2 aliphatic rings. The van der Waals surface area contributed by atoms with Crippen molar-refractivity contribution in [3.05, 3.63) is 65.2 Å². The molecule has 176 valence electrons. The van der Waals surface area contributed by atoms with Crippen LogP contribution >= 0.6 is 24.6 Å². The van der Waals surface area contributed by atoms with Crippen molar-refractivity contribution < 1.29 is 9.47 Å². The van der Waals surface area contributed by atoms with Crippen molar-refractivity contribution in [1.82, 2.24) is 24.1 Å². The van der Waals surface area contributed by atoms with E-state index in [2.05, 4.69) is 23.9 Å². The molecule has 2 aromatic carbocycles. The maximum absolute atomic E-state index is 6.29. The highest BCUT2D eigenvalue weighted by Crippen LogP contribution is 2.36. The number of piperidine rings is 1. The van der Waals surface area contributed by atoms with Crippen LogP contribution < -0.4 is 9.47 Å². The van der Waals surface area contributed by atoms with E-state index in [1.165, 1.54) is 0 Å². The summed E-state index contributed by atoms with van der Waals surface area (Å²) in [6, 6.07) is 18.4. The Morgan fingerprint density at radius 2 is 1.70 bits per heavy atom. The molecular formula is C24H30ClN5O2S. The van der Waals surface area contributed by atoms with E-state index in [1.54, 1.807) is 0 Å². The summed E-state index contributed by atoms with van der Waals surface area (Å²) in [7, 11) is 4.35. The van der Waals surface area contributed by atoms with Crippen LogP contribution in [0.5, 0.6) is 11.5 Å². The van der Waals surface area contributed by atoms with Gasteiger partial charge in [0, 0.05) is 11.7 Å². The summed E-state index contributed by atoms with van der Waals surface area (Å²) in [6.45, 7) is 3.28. The fraction of sp³-hybridized carbons (Fsp3) is 0.417. The van der Waals surface area contributed by atoms with Crippen molar-refractivity contribution in [2.75, 3.05) is 33.8 Å². The van der Waals surface area contributed by atoms with Gasteiger partial charge in [0.05, 0.1) is 6.67 Å². The molecule has 1 unspecified atom stereocenters. The Hall–Kier alpha value is -2.39. The number of halogens is 1. The zero-order valence-electron chi connectivity index (χ0n) is 19.0. The number of nitrogens with zero attached hydrogens (tertiary/aromatic N) is 5. The first kappa shape index (κ1) is 23.8. The van der Waals surface area contributed by atoms with E-state index in [0.29, 0.717) is 24.1 Å². The van der Waals surface area contributed by atoms with Gasteiger partial charge in [0.15, 0.2) is 23.4 Å². The van der Waals surface area contributed by atoms with Crippen LogP contribution in [0.15, 0.2) is 54.6 Å². The van der Waals surface area contributed by atoms with Crippen LogP contribution in [-0.4, -0.2) is 64.0 Å². The Labute approximate surface area is 205 Å². The predicted molar refractivity (Wildman–Crippen MR) is 133 cm³/mol. The molecule has 0 radical (unpaired) electrons. The quantitative estimate of drug-likeness (QED) is 0.499. The molecule has 1 saturated heterocycles. The fourth-order valence-electron chi connectivity index (χ4n) is 4.45. The average molecular weight is 488 g/mol. The highest BCUT2D eigenvalue weighted by atomic mass is 35.5. The van der Waals surface area contributed by atoms with E-state index >= 15 is 0 Å². The molecule has 33 heavy (non-hydrogen) atoms. The van der Waals surface area contributed by atoms with Gasteiger partial charge in [0.1, 0.15) is 6.61 Å². The van der Waals surface area contributed by atoms with Gasteiger partial charge in [-0.3, -0.25) is 9.47 Å². The third-order valence-corrected chi connectivity index (χ3v) is 6.74. The number of rotatable bonds is 5. The van der Waals surface area contributed by atoms with Gasteiger partial charge in [-0.25, -0.2) is 4.68 Å². The third-order valence-electron chi connectivity index (χ3n) is 6.34. The lowest BCUT2D eigenvalue weighted by Gasteiger charge is -2.34. The highest BCUT2D eigenvalue weighted by molar-refractivity contribution is 7.71. The van der Waals surface area contributed by atoms with Crippen LogP contribution in [0.1, 0.15) is 24.8 Å². The Morgan fingerprint density at radius 1 is 1.03 bits per heavy atom. The molecule has 0 saturated carbocycles. The topological polar surface area (TPSA) is 47.7 Å². The van der Waals surface area contributed by atoms with Crippen LogP contribution in [0.3, 0.4) is 0 Å². The van der Waals surface area contributed by atoms with Crippen molar-refractivity contribution in [2.45, 2.75) is 31.7 Å². The molecule has 2 aliphatic heterocycles. The lowest BCUT2D eigenvalue weighted by molar-refractivity contribution is 0.0821. The van der Waals surface area contributed by atoms with E-state index in [4.69, 9.17) is 26.8 Å². The second kappa shape index (κ2) is 10.3. The summed E-state index contributed by atoms with van der Waals surface area (Å²) >= 11 is 5.91. The second-order valence-corrected chi connectivity index (χ2v) is 8.97. The van der Waals surface area contributed by atoms with Crippen molar-refractivity contribution >= 4 is 24.6 Å². The van der Waals surface area contributed by atoms with Crippen LogP contribution in [0.4, 0.5) is 0 Å². The summed E-state index contributed by atoms with van der Waals surface area (Å²) < 4.78 is 16.9. The van der Waals surface area contributed by atoms with Gasteiger partial charge in [-0.05, 0) is 76.5 Å². The van der Waals surface area contributed by atoms with Gasteiger partial charge in [-0.2, -0.15) is 5.10 Å². The zero-order valence-corrected chi connectivity index (χ0v) is 20.6. The first-order valence-electron chi connectivity index (χ1n) is 11.1. The largest absolute Gasteiger partial charge is 0.485 e. The molecule has 9 heteroatoms. The first-order valence-corrected chi connectivity index (χ1v) is 11.5. The number of likely N-dealkylation sites (tertiary alicyclic amines) is 1. The standard InChI is InChI=1S/C24H29N5O2S.ClH/c1-26-14-12-18(13-15-26)27(2)17-28-24(32)29(19-8-4-3-5-9-19)23(25-28)22-16-30-20-10-6-7-11-21(20)31-22;/h3-11,18,22H,12-17H2,1-2H3;1H. The monoisotopic (exact) mass is 487 g/mol. The molecule has 1 aromatic heterocycles. The number of hydrogen-bond donors (Lipinski definition) is 0. The molecule has 5 rings (SSSR count). The molecule has 7 nitrogen and oxygen atoms in total. The minimum atomic E-state index is -0.346. The van der Waals surface area contributed by atoms with E-state index in [-0.39, 0.29) is 18.5 Å². The number of aromatic nitrogens is 3. The Bertz CT molecular complexity index is 1130.